The molecule has 3 N–H and O–H groups in total. The van der Waals surface area contributed by atoms with E-state index >= 15 is 0 Å². The number of fused-ring (bicyclic) bond motifs is 1. The highest BCUT2D eigenvalue weighted by Crippen LogP contribution is 2.40. The second kappa shape index (κ2) is 5.80. The summed E-state index contributed by atoms with van der Waals surface area (Å²) in [6.45, 7) is 0.584. The number of carboxylic acid groups (broad SMARTS) is 1. The minimum Gasteiger partial charge on any atom is -0.490 e. The zero-order valence-corrected chi connectivity index (χ0v) is 10.9. The summed E-state index contributed by atoms with van der Waals surface area (Å²) in [6.07, 6.45) is -4.51. The lowest BCUT2D eigenvalue weighted by Gasteiger charge is -2.18. The Morgan fingerprint density at radius 2 is 1.86 bits per heavy atom. The number of benzene rings is 1. The van der Waals surface area contributed by atoms with Gasteiger partial charge < -0.3 is 20.3 Å². The molecule has 21 heavy (non-hydrogen) atoms. The van der Waals surface area contributed by atoms with Crippen molar-refractivity contribution in [1.29, 1.82) is 0 Å². The van der Waals surface area contributed by atoms with Crippen LogP contribution in [0.1, 0.15) is 17.5 Å². The van der Waals surface area contributed by atoms with Gasteiger partial charge in [-0.2, -0.15) is 13.2 Å². The molecule has 5 nitrogen and oxygen atoms in total. The van der Waals surface area contributed by atoms with E-state index in [9.17, 15) is 18.0 Å². The van der Waals surface area contributed by atoms with E-state index in [-0.39, 0.29) is 23.7 Å². The van der Waals surface area contributed by atoms with Gasteiger partial charge in [-0.1, -0.05) is 0 Å². The van der Waals surface area contributed by atoms with Gasteiger partial charge in [-0.15, -0.1) is 0 Å². The van der Waals surface area contributed by atoms with Crippen LogP contribution in [0.15, 0.2) is 12.1 Å². The van der Waals surface area contributed by atoms with Gasteiger partial charge in [-0.25, -0.2) is 0 Å². The Bertz CT molecular complexity index is 545. The van der Waals surface area contributed by atoms with E-state index in [0.717, 1.165) is 12.1 Å². The molecule has 1 unspecified atom stereocenters. The van der Waals surface area contributed by atoms with E-state index in [1.54, 1.807) is 0 Å². The fraction of sp³-hybridized carbons (Fsp3) is 0.462. The van der Waals surface area contributed by atoms with Crippen LogP contribution in [0, 0.1) is 0 Å². The Balaban J connectivity index is 2.45. The Labute approximate surface area is 118 Å². The maximum absolute atomic E-state index is 13.1. The van der Waals surface area contributed by atoms with Crippen LogP contribution in [0.5, 0.6) is 11.5 Å². The van der Waals surface area contributed by atoms with E-state index in [2.05, 4.69) is 0 Å². The summed E-state index contributed by atoms with van der Waals surface area (Å²) in [6, 6.07) is 0.576. The molecule has 1 aliphatic rings. The van der Waals surface area contributed by atoms with Gasteiger partial charge in [0.25, 0.3) is 0 Å². The fourth-order valence-corrected chi connectivity index (χ4v) is 2.01. The predicted molar refractivity (Wildman–Crippen MR) is 66.4 cm³/mol. The summed E-state index contributed by atoms with van der Waals surface area (Å²) >= 11 is 0. The first kappa shape index (κ1) is 15.4. The van der Waals surface area contributed by atoms with Crippen molar-refractivity contribution in [3.8, 4) is 11.5 Å². The number of ether oxygens (including phenoxy) is 2. The van der Waals surface area contributed by atoms with Gasteiger partial charge in [0.05, 0.1) is 18.8 Å². The van der Waals surface area contributed by atoms with Crippen molar-refractivity contribution >= 4 is 5.97 Å². The standard InChI is InChI=1S/C13H14F3NO4/c14-13(15,16)8-6-11-10(20-2-1-3-21-11)5-7(8)4-9(17)12(18)19/h5-6,9H,1-4,17H2,(H,18,19). The molecule has 0 spiro atoms. The van der Waals surface area contributed by atoms with Crippen LogP contribution >= 0.6 is 0 Å². The first-order valence-corrected chi connectivity index (χ1v) is 6.27. The number of hydrogen-bond acceptors (Lipinski definition) is 4. The van der Waals surface area contributed by atoms with Gasteiger partial charge in [0.2, 0.25) is 0 Å². The number of rotatable bonds is 3. The average Bonchev–Trinajstić information content (AvgIpc) is 2.61. The Morgan fingerprint density at radius 3 is 2.38 bits per heavy atom. The minimum atomic E-state index is -4.63. The molecule has 116 valence electrons. The lowest BCUT2D eigenvalue weighted by molar-refractivity contribution is -0.141. The molecule has 1 aromatic rings. The zero-order valence-electron chi connectivity index (χ0n) is 10.9. The topological polar surface area (TPSA) is 81.8 Å². The molecule has 1 atom stereocenters. The van der Waals surface area contributed by atoms with Gasteiger partial charge in [-0.3, -0.25) is 4.79 Å². The summed E-state index contributed by atoms with van der Waals surface area (Å²) in [5.41, 5.74) is 4.15. The molecule has 0 radical (unpaired) electrons. The molecule has 0 saturated carbocycles. The van der Waals surface area contributed by atoms with E-state index in [1.165, 1.54) is 0 Å². The van der Waals surface area contributed by atoms with Crippen LogP contribution in [0.3, 0.4) is 0 Å². The zero-order chi connectivity index (χ0) is 15.6. The lowest BCUT2D eigenvalue weighted by atomic mass is 9.99. The van der Waals surface area contributed by atoms with Crippen LogP contribution in [0.2, 0.25) is 0 Å². The summed E-state index contributed by atoms with van der Waals surface area (Å²) in [5, 5.41) is 8.76. The largest absolute Gasteiger partial charge is 0.490 e. The van der Waals surface area contributed by atoms with Crippen molar-refractivity contribution in [1.82, 2.24) is 0 Å². The Hall–Kier alpha value is -1.96. The smallest absolute Gasteiger partial charge is 0.416 e. The third-order valence-corrected chi connectivity index (χ3v) is 3.04. The average molecular weight is 305 g/mol. The third-order valence-electron chi connectivity index (χ3n) is 3.04. The highest BCUT2D eigenvalue weighted by Gasteiger charge is 2.36. The molecule has 2 rings (SSSR count). The molecular weight excluding hydrogens is 291 g/mol. The Kier molecular flexibility index (Phi) is 4.26. The first-order valence-electron chi connectivity index (χ1n) is 6.27. The van der Waals surface area contributed by atoms with Gasteiger partial charge in [-0.05, 0) is 24.1 Å². The van der Waals surface area contributed by atoms with E-state index in [4.69, 9.17) is 20.3 Å². The summed E-state index contributed by atoms with van der Waals surface area (Å²) in [7, 11) is 0. The maximum Gasteiger partial charge on any atom is 0.416 e. The van der Waals surface area contributed by atoms with E-state index in [0.29, 0.717) is 13.0 Å². The molecule has 8 heteroatoms. The molecule has 0 fully saturated rings. The van der Waals surface area contributed by atoms with Crippen molar-refractivity contribution in [2.75, 3.05) is 13.2 Å². The van der Waals surface area contributed by atoms with Crippen LogP contribution < -0.4 is 15.2 Å². The predicted octanol–water partition coefficient (Wildman–Crippen LogP) is 1.82. The van der Waals surface area contributed by atoms with Gasteiger partial charge in [0.1, 0.15) is 6.04 Å². The molecule has 0 aromatic heterocycles. The van der Waals surface area contributed by atoms with E-state index < -0.39 is 30.2 Å². The fourth-order valence-electron chi connectivity index (χ4n) is 2.01. The number of hydrogen-bond donors (Lipinski definition) is 2. The summed E-state index contributed by atoms with van der Waals surface area (Å²) in [4.78, 5) is 10.7. The van der Waals surface area contributed by atoms with Gasteiger partial charge in [0, 0.05) is 6.42 Å². The van der Waals surface area contributed by atoms with E-state index in [1.807, 2.05) is 0 Å². The van der Waals surface area contributed by atoms with Crippen molar-refractivity contribution in [3.63, 3.8) is 0 Å². The number of halogens is 3. The number of aliphatic carboxylic acids is 1. The maximum atomic E-state index is 13.1. The molecule has 1 aromatic carbocycles. The highest BCUT2D eigenvalue weighted by molar-refractivity contribution is 5.73. The van der Waals surface area contributed by atoms with Crippen molar-refractivity contribution < 1.29 is 32.5 Å². The number of carbonyl (C=O) groups is 1. The Morgan fingerprint density at radius 1 is 1.29 bits per heavy atom. The van der Waals surface area contributed by atoms with Crippen LogP contribution in [-0.2, 0) is 17.4 Å². The number of alkyl halides is 3. The molecule has 0 bridgehead atoms. The molecule has 1 heterocycles. The minimum absolute atomic E-state index is 0.00692. The summed E-state index contributed by atoms with van der Waals surface area (Å²) < 4.78 is 49.8. The van der Waals surface area contributed by atoms with Crippen LogP contribution in [0.25, 0.3) is 0 Å². The lowest BCUT2D eigenvalue weighted by Crippen LogP contribution is -2.33. The third kappa shape index (κ3) is 3.57. The van der Waals surface area contributed by atoms with Gasteiger partial charge >= 0.3 is 12.1 Å². The molecule has 0 amide bonds. The SMILES string of the molecule is NC(Cc1cc2c(cc1C(F)(F)F)OCCCO2)C(=O)O. The quantitative estimate of drug-likeness (QED) is 0.890. The molecular formula is C13H14F3NO4. The molecule has 0 saturated heterocycles. The van der Waals surface area contributed by atoms with Crippen LogP contribution in [-0.4, -0.2) is 30.3 Å². The second-order valence-corrected chi connectivity index (χ2v) is 4.65. The normalized spacial score (nSPS) is 16.2. The second-order valence-electron chi connectivity index (χ2n) is 4.65. The number of carboxylic acids is 1. The molecule has 0 aliphatic carbocycles. The number of nitrogens with two attached hydrogens (primary N) is 1. The van der Waals surface area contributed by atoms with Crippen LogP contribution in [0.4, 0.5) is 13.2 Å². The summed E-state index contributed by atoms with van der Waals surface area (Å²) in [5.74, 6) is -1.18. The van der Waals surface area contributed by atoms with Gasteiger partial charge in [0.15, 0.2) is 11.5 Å². The van der Waals surface area contributed by atoms with Crippen molar-refractivity contribution in [2.45, 2.75) is 25.1 Å². The monoisotopic (exact) mass is 305 g/mol. The first-order chi connectivity index (χ1) is 9.79. The van der Waals surface area contributed by atoms with Crippen molar-refractivity contribution in [2.24, 2.45) is 5.73 Å². The molecule has 1 aliphatic heterocycles. The highest BCUT2D eigenvalue weighted by atomic mass is 19.4. The van der Waals surface area contributed by atoms with Crippen molar-refractivity contribution in [3.05, 3.63) is 23.3 Å².